The van der Waals surface area contributed by atoms with Crippen molar-refractivity contribution in [2.24, 2.45) is 5.92 Å². The number of hydrogen-bond acceptors (Lipinski definition) is 3. The van der Waals surface area contributed by atoms with Gasteiger partial charge in [-0.25, -0.2) is 4.98 Å². The van der Waals surface area contributed by atoms with Gasteiger partial charge in [-0.15, -0.1) is 11.8 Å². The van der Waals surface area contributed by atoms with Gasteiger partial charge in [-0.3, -0.25) is 4.98 Å². The molecule has 1 rings (SSSR count). The Labute approximate surface area is 90.5 Å². The summed E-state index contributed by atoms with van der Waals surface area (Å²) in [6.45, 7) is 6.49. The van der Waals surface area contributed by atoms with Crippen molar-refractivity contribution in [3.8, 4) is 0 Å². The lowest BCUT2D eigenvalue weighted by atomic mass is 10.0. The van der Waals surface area contributed by atoms with Gasteiger partial charge < -0.3 is 0 Å². The van der Waals surface area contributed by atoms with Gasteiger partial charge in [0, 0.05) is 6.20 Å². The van der Waals surface area contributed by atoms with Crippen LogP contribution in [0.25, 0.3) is 0 Å². The molecule has 0 aliphatic heterocycles. The van der Waals surface area contributed by atoms with Crippen LogP contribution in [-0.4, -0.2) is 16.2 Å². The Morgan fingerprint density at radius 1 is 1.50 bits per heavy atom. The average molecular weight is 210 g/mol. The first-order chi connectivity index (χ1) is 6.67. The lowest BCUT2D eigenvalue weighted by molar-refractivity contribution is 0.549. The maximum Gasteiger partial charge on any atom is 0.117 e. The predicted molar refractivity (Wildman–Crippen MR) is 61.7 cm³/mol. The van der Waals surface area contributed by atoms with Crippen LogP contribution in [0.2, 0.25) is 0 Å². The first-order valence-electron chi connectivity index (χ1n) is 5.03. The Balaban J connectivity index is 2.76. The van der Waals surface area contributed by atoms with E-state index in [0.717, 1.165) is 22.8 Å². The SMILES string of the molecule is CCC(C)Cc1cnc(SC)c(C)n1. The van der Waals surface area contributed by atoms with Crippen molar-refractivity contribution in [2.75, 3.05) is 6.26 Å². The second-order valence-electron chi connectivity index (χ2n) is 3.67. The molecule has 0 aliphatic rings. The summed E-state index contributed by atoms with van der Waals surface area (Å²) in [4.78, 5) is 8.93. The van der Waals surface area contributed by atoms with E-state index in [1.54, 1.807) is 11.8 Å². The van der Waals surface area contributed by atoms with Crippen LogP contribution in [0.5, 0.6) is 0 Å². The van der Waals surface area contributed by atoms with Crippen molar-refractivity contribution >= 4 is 11.8 Å². The first kappa shape index (κ1) is 11.5. The fourth-order valence-corrected chi connectivity index (χ4v) is 1.82. The summed E-state index contributed by atoms with van der Waals surface area (Å²) in [7, 11) is 0. The molecule has 0 aromatic carbocycles. The van der Waals surface area contributed by atoms with Crippen molar-refractivity contribution < 1.29 is 0 Å². The van der Waals surface area contributed by atoms with E-state index >= 15 is 0 Å². The molecule has 2 nitrogen and oxygen atoms in total. The van der Waals surface area contributed by atoms with Crippen LogP contribution in [-0.2, 0) is 6.42 Å². The van der Waals surface area contributed by atoms with Crippen molar-refractivity contribution in [3.05, 3.63) is 17.6 Å². The quantitative estimate of drug-likeness (QED) is 0.714. The fraction of sp³-hybridized carbons (Fsp3) is 0.636. The zero-order valence-electron chi connectivity index (χ0n) is 9.37. The standard InChI is InChI=1S/C11H18N2S/c1-5-8(2)6-10-7-12-11(14-4)9(3)13-10/h7-8H,5-6H2,1-4H3. The molecular weight excluding hydrogens is 192 g/mol. The average Bonchev–Trinajstić information content (AvgIpc) is 2.18. The van der Waals surface area contributed by atoms with Gasteiger partial charge in [0.25, 0.3) is 0 Å². The maximum absolute atomic E-state index is 4.55. The summed E-state index contributed by atoms with van der Waals surface area (Å²) in [5.41, 5.74) is 2.17. The zero-order chi connectivity index (χ0) is 10.6. The number of thioether (sulfide) groups is 1. The normalized spacial score (nSPS) is 12.9. The van der Waals surface area contributed by atoms with Crippen LogP contribution in [0.4, 0.5) is 0 Å². The van der Waals surface area contributed by atoms with E-state index in [9.17, 15) is 0 Å². The molecule has 0 saturated heterocycles. The lowest BCUT2D eigenvalue weighted by Gasteiger charge is -2.08. The Hall–Kier alpha value is -0.570. The smallest absolute Gasteiger partial charge is 0.117 e. The minimum Gasteiger partial charge on any atom is -0.254 e. The van der Waals surface area contributed by atoms with E-state index in [-0.39, 0.29) is 0 Å². The van der Waals surface area contributed by atoms with E-state index in [1.807, 2.05) is 19.4 Å². The highest BCUT2D eigenvalue weighted by Gasteiger charge is 2.05. The molecule has 0 amide bonds. The largest absolute Gasteiger partial charge is 0.254 e. The third-order valence-electron chi connectivity index (χ3n) is 2.40. The van der Waals surface area contributed by atoms with E-state index in [0.29, 0.717) is 5.92 Å². The third kappa shape index (κ3) is 2.98. The highest BCUT2D eigenvalue weighted by Crippen LogP contribution is 2.16. The van der Waals surface area contributed by atoms with Crippen LogP contribution in [0, 0.1) is 12.8 Å². The topological polar surface area (TPSA) is 25.8 Å². The maximum atomic E-state index is 4.55. The Morgan fingerprint density at radius 3 is 2.71 bits per heavy atom. The van der Waals surface area contributed by atoms with Crippen LogP contribution < -0.4 is 0 Å². The molecule has 0 N–H and O–H groups in total. The van der Waals surface area contributed by atoms with Crippen LogP contribution >= 0.6 is 11.8 Å². The second kappa shape index (κ2) is 5.35. The summed E-state index contributed by atoms with van der Waals surface area (Å²) in [5.74, 6) is 0.698. The molecule has 1 aromatic rings. The molecule has 1 heterocycles. The van der Waals surface area contributed by atoms with E-state index < -0.39 is 0 Å². The summed E-state index contributed by atoms with van der Waals surface area (Å²) in [6, 6.07) is 0. The monoisotopic (exact) mass is 210 g/mol. The minimum absolute atomic E-state index is 0.698. The third-order valence-corrected chi connectivity index (χ3v) is 3.19. The molecule has 14 heavy (non-hydrogen) atoms. The Morgan fingerprint density at radius 2 is 2.21 bits per heavy atom. The summed E-state index contributed by atoms with van der Waals surface area (Å²) >= 11 is 1.66. The van der Waals surface area contributed by atoms with Crippen LogP contribution in [0.1, 0.15) is 31.7 Å². The molecule has 1 atom stereocenters. The zero-order valence-corrected chi connectivity index (χ0v) is 10.2. The van der Waals surface area contributed by atoms with Crippen molar-refractivity contribution in [3.63, 3.8) is 0 Å². The summed E-state index contributed by atoms with van der Waals surface area (Å²) < 4.78 is 0. The molecule has 0 saturated carbocycles. The van der Waals surface area contributed by atoms with Gasteiger partial charge in [0.2, 0.25) is 0 Å². The molecule has 0 aliphatic carbocycles. The van der Waals surface area contributed by atoms with Crippen LogP contribution in [0.15, 0.2) is 11.2 Å². The van der Waals surface area contributed by atoms with Gasteiger partial charge in [-0.2, -0.15) is 0 Å². The number of aryl methyl sites for hydroxylation is 1. The number of hydrogen-bond donors (Lipinski definition) is 0. The van der Waals surface area contributed by atoms with E-state index in [1.165, 1.54) is 6.42 Å². The summed E-state index contributed by atoms with van der Waals surface area (Å²) in [5, 5.41) is 1.04. The molecule has 1 aromatic heterocycles. The van der Waals surface area contributed by atoms with Gasteiger partial charge in [0.1, 0.15) is 5.03 Å². The van der Waals surface area contributed by atoms with Crippen molar-refractivity contribution in [1.82, 2.24) is 9.97 Å². The fourth-order valence-electron chi connectivity index (χ4n) is 1.32. The first-order valence-corrected chi connectivity index (χ1v) is 6.26. The number of rotatable bonds is 4. The van der Waals surface area contributed by atoms with E-state index in [4.69, 9.17) is 0 Å². The van der Waals surface area contributed by atoms with Gasteiger partial charge in [0.05, 0.1) is 11.4 Å². The predicted octanol–water partition coefficient (Wildman–Crippen LogP) is 3.10. The Kier molecular flexibility index (Phi) is 4.39. The van der Waals surface area contributed by atoms with Gasteiger partial charge in [-0.1, -0.05) is 20.3 Å². The second-order valence-corrected chi connectivity index (χ2v) is 4.47. The lowest BCUT2D eigenvalue weighted by Crippen LogP contribution is -2.03. The van der Waals surface area contributed by atoms with Gasteiger partial charge in [0.15, 0.2) is 0 Å². The molecule has 0 fully saturated rings. The molecule has 0 bridgehead atoms. The number of aromatic nitrogens is 2. The van der Waals surface area contributed by atoms with Gasteiger partial charge in [-0.05, 0) is 25.5 Å². The molecule has 78 valence electrons. The van der Waals surface area contributed by atoms with Crippen molar-refractivity contribution in [2.45, 2.75) is 38.6 Å². The molecule has 0 spiro atoms. The van der Waals surface area contributed by atoms with Gasteiger partial charge >= 0.3 is 0 Å². The number of nitrogens with zero attached hydrogens (tertiary/aromatic N) is 2. The van der Waals surface area contributed by atoms with Crippen LogP contribution in [0.3, 0.4) is 0 Å². The van der Waals surface area contributed by atoms with E-state index in [2.05, 4.69) is 23.8 Å². The molecule has 0 radical (unpaired) electrons. The summed E-state index contributed by atoms with van der Waals surface area (Å²) in [6.07, 6.45) is 6.18. The highest BCUT2D eigenvalue weighted by molar-refractivity contribution is 7.98. The molecule has 3 heteroatoms. The minimum atomic E-state index is 0.698. The Bertz CT molecular complexity index is 299. The molecular formula is C11H18N2S. The molecule has 1 unspecified atom stereocenters. The van der Waals surface area contributed by atoms with Crippen molar-refractivity contribution in [1.29, 1.82) is 0 Å². The highest BCUT2D eigenvalue weighted by atomic mass is 32.2.